The maximum Gasteiger partial charge on any atom is 0.341 e. The fourth-order valence-electron chi connectivity index (χ4n) is 5.38. The summed E-state index contributed by atoms with van der Waals surface area (Å²) in [5.74, 6) is -0.946. The van der Waals surface area contributed by atoms with E-state index in [1.54, 1.807) is 66.1 Å². The third-order valence-corrected chi connectivity index (χ3v) is 8.66. The number of esters is 1. The number of nitrogens with zero attached hydrogens (tertiary/aromatic N) is 2. The fraction of sp³-hybridized carbons (Fsp3) is 0.281. The van der Waals surface area contributed by atoms with Crippen LogP contribution in [0.2, 0.25) is 0 Å². The first-order chi connectivity index (χ1) is 19.4. The lowest BCUT2D eigenvalue weighted by Crippen LogP contribution is -2.43. The predicted octanol–water partition coefficient (Wildman–Crippen LogP) is 5.60. The van der Waals surface area contributed by atoms with Crippen molar-refractivity contribution in [2.24, 2.45) is 5.10 Å². The number of carbonyl (C=O) groups is 2. The van der Waals surface area contributed by atoms with Crippen LogP contribution in [0.4, 0.5) is 0 Å². The van der Waals surface area contributed by atoms with Crippen molar-refractivity contribution >= 4 is 29.4 Å². The Bertz CT molecular complexity index is 1510. The number of benzene rings is 2. The van der Waals surface area contributed by atoms with Crippen LogP contribution in [0.3, 0.4) is 0 Å². The molecule has 2 aromatic carbocycles. The first-order valence-electron chi connectivity index (χ1n) is 13.5. The molecule has 2 aromatic heterocycles. The van der Waals surface area contributed by atoms with Crippen LogP contribution in [0.25, 0.3) is 5.00 Å². The molecule has 0 bridgehead atoms. The van der Waals surface area contributed by atoms with E-state index in [1.807, 2.05) is 39.0 Å². The summed E-state index contributed by atoms with van der Waals surface area (Å²) in [6.45, 7) is 6.10. The number of rotatable bonds is 8. The molecule has 1 amide bonds. The summed E-state index contributed by atoms with van der Waals surface area (Å²) < 4.78 is 7.53. The molecule has 2 N–H and O–H groups in total. The van der Waals surface area contributed by atoms with Crippen molar-refractivity contribution in [1.82, 2.24) is 9.99 Å². The van der Waals surface area contributed by atoms with Crippen molar-refractivity contribution in [3.05, 3.63) is 111 Å². The summed E-state index contributed by atoms with van der Waals surface area (Å²) in [5.41, 5.74) is 5.93. The number of amides is 1. The van der Waals surface area contributed by atoms with Crippen molar-refractivity contribution in [3.8, 4) is 5.00 Å². The second-order valence-corrected chi connectivity index (χ2v) is 11.0. The average Bonchev–Trinajstić information content (AvgIpc) is 3.49. The average molecular weight is 556 g/mol. The van der Waals surface area contributed by atoms with E-state index in [1.165, 1.54) is 4.88 Å². The maximum atomic E-state index is 13.4. The topological polar surface area (TPSA) is 92.9 Å². The number of thiophene rings is 1. The first kappa shape index (κ1) is 27.6. The van der Waals surface area contributed by atoms with E-state index in [-0.39, 0.29) is 5.97 Å². The van der Waals surface area contributed by atoms with Gasteiger partial charge in [0.05, 0.1) is 18.4 Å². The van der Waals surface area contributed by atoms with Gasteiger partial charge in [0.25, 0.3) is 5.91 Å². The lowest BCUT2D eigenvalue weighted by molar-refractivity contribution is -0.136. The Morgan fingerprint density at radius 2 is 1.68 bits per heavy atom. The van der Waals surface area contributed by atoms with Crippen molar-refractivity contribution < 1.29 is 19.4 Å². The molecule has 4 aromatic rings. The lowest BCUT2D eigenvalue weighted by Gasteiger charge is -2.27. The predicted molar refractivity (Wildman–Crippen MR) is 157 cm³/mol. The van der Waals surface area contributed by atoms with E-state index in [4.69, 9.17) is 4.74 Å². The highest BCUT2D eigenvalue weighted by atomic mass is 32.1. The van der Waals surface area contributed by atoms with Crippen LogP contribution >= 0.6 is 11.3 Å². The Morgan fingerprint density at radius 1 is 1.05 bits per heavy atom. The van der Waals surface area contributed by atoms with Gasteiger partial charge in [0.1, 0.15) is 5.00 Å². The summed E-state index contributed by atoms with van der Waals surface area (Å²) in [6.07, 6.45) is 5.61. The summed E-state index contributed by atoms with van der Waals surface area (Å²) in [4.78, 5) is 27.7. The summed E-state index contributed by atoms with van der Waals surface area (Å²) in [5, 5.41) is 16.7. The molecular formula is C32H33N3O4S. The molecule has 206 valence electrons. The van der Waals surface area contributed by atoms with Crippen molar-refractivity contribution in [1.29, 1.82) is 0 Å². The molecule has 5 rings (SSSR count). The van der Waals surface area contributed by atoms with Crippen LogP contribution in [0, 0.1) is 13.8 Å². The number of hydrogen-bond donors (Lipinski definition) is 2. The molecule has 1 aliphatic rings. The summed E-state index contributed by atoms with van der Waals surface area (Å²) in [6, 6.07) is 19.6. The van der Waals surface area contributed by atoms with E-state index in [0.717, 1.165) is 53.2 Å². The number of aromatic nitrogens is 1. The van der Waals surface area contributed by atoms with Crippen LogP contribution in [0.1, 0.15) is 68.6 Å². The molecule has 0 aliphatic heterocycles. The van der Waals surface area contributed by atoms with E-state index in [0.29, 0.717) is 23.3 Å². The number of fused-ring (bicyclic) bond motifs is 1. The Morgan fingerprint density at radius 3 is 2.30 bits per heavy atom. The van der Waals surface area contributed by atoms with Gasteiger partial charge in [-0.15, -0.1) is 11.3 Å². The second-order valence-electron chi connectivity index (χ2n) is 9.91. The van der Waals surface area contributed by atoms with Gasteiger partial charge in [-0.1, -0.05) is 60.7 Å². The van der Waals surface area contributed by atoms with Crippen molar-refractivity contribution in [2.75, 3.05) is 6.61 Å². The van der Waals surface area contributed by atoms with Gasteiger partial charge in [-0.05, 0) is 69.2 Å². The highest BCUT2D eigenvalue weighted by molar-refractivity contribution is 7.15. The van der Waals surface area contributed by atoms with Crippen molar-refractivity contribution in [2.45, 2.75) is 52.1 Å². The number of ether oxygens (including phenoxy) is 1. The van der Waals surface area contributed by atoms with Gasteiger partial charge in [0.15, 0.2) is 5.60 Å². The van der Waals surface area contributed by atoms with E-state index in [2.05, 4.69) is 15.1 Å². The second kappa shape index (κ2) is 11.6. The molecule has 0 radical (unpaired) electrons. The van der Waals surface area contributed by atoms with Crippen LogP contribution in [0.15, 0.2) is 71.8 Å². The third-order valence-electron chi connectivity index (χ3n) is 7.39. The smallest absolute Gasteiger partial charge is 0.341 e. The van der Waals surface area contributed by atoms with Crippen molar-refractivity contribution in [3.63, 3.8) is 0 Å². The molecule has 0 unspecified atom stereocenters. The molecule has 1 aliphatic carbocycles. The highest BCUT2D eigenvalue weighted by Gasteiger charge is 2.40. The number of aliphatic hydroxyl groups is 1. The molecule has 0 saturated heterocycles. The quantitative estimate of drug-likeness (QED) is 0.168. The monoisotopic (exact) mass is 555 g/mol. The Kier molecular flexibility index (Phi) is 8.00. The van der Waals surface area contributed by atoms with E-state index >= 15 is 0 Å². The van der Waals surface area contributed by atoms with Gasteiger partial charge >= 0.3 is 5.97 Å². The fourth-order valence-corrected chi connectivity index (χ4v) is 6.87. The third kappa shape index (κ3) is 5.00. The summed E-state index contributed by atoms with van der Waals surface area (Å²) >= 11 is 1.65. The molecule has 0 spiro atoms. The zero-order chi connectivity index (χ0) is 28.3. The number of carbonyl (C=O) groups excluding carboxylic acids is 2. The Labute approximate surface area is 238 Å². The Balaban J connectivity index is 1.46. The van der Waals surface area contributed by atoms with Gasteiger partial charge in [-0.25, -0.2) is 10.2 Å². The van der Waals surface area contributed by atoms with Crippen LogP contribution in [0.5, 0.6) is 0 Å². The van der Waals surface area contributed by atoms with E-state index < -0.39 is 11.5 Å². The standard InChI is InChI=1S/C32H33N3O4S/c1-4-39-30(36)28-26-17-11-12-18-27(26)40-29(28)35-21(2)19-23(22(35)3)20-33-34-31(37)32(38,24-13-7-5-8-14-24)25-15-9-6-10-16-25/h5-10,13-16,19-20,38H,4,11-12,17-18H2,1-3H3,(H,34,37)/b33-20+. The van der Waals surface area contributed by atoms with Gasteiger partial charge in [-0.2, -0.15) is 5.10 Å². The molecular weight excluding hydrogens is 522 g/mol. The van der Waals surface area contributed by atoms with Gasteiger partial charge in [0.2, 0.25) is 0 Å². The zero-order valence-electron chi connectivity index (χ0n) is 22.9. The van der Waals surface area contributed by atoms with Gasteiger partial charge in [-0.3, -0.25) is 4.79 Å². The molecule has 8 heteroatoms. The minimum atomic E-state index is -1.92. The van der Waals surface area contributed by atoms with Crippen LogP contribution in [-0.4, -0.2) is 34.4 Å². The Hall–Kier alpha value is -4.01. The minimum Gasteiger partial charge on any atom is -0.462 e. The normalized spacial score (nSPS) is 13.3. The zero-order valence-corrected chi connectivity index (χ0v) is 23.8. The highest BCUT2D eigenvalue weighted by Crippen LogP contribution is 2.39. The lowest BCUT2D eigenvalue weighted by atomic mass is 9.85. The molecule has 0 saturated carbocycles. The molecule has 7 nitrogen and oxygen atoms in total. The van der Waals surface area contributed by atoms with Crippen LogP contribution in [-0.2, 0) is 28.0 Å². The molecule has 0 atom stereocenters. The number of aryl methyl sites for hydroxylation is 2. The molecule has 2 heterocycles. The maximum absolute atomic E-state index is 13.4. The summed E-state index contributed by atoms with van der Waals surface area (Å²) in [7, 11) is 0. The first-order valence-corrected chi connectivity index (χ1v) is 14.4. The van der Waals surface area contributed by atoms with Gasteiger partial charge < -0.3 is 14.4 Å². The minimum absolute atomic E-state index is 0.284. The number of nitrogens with one attached hydrogen (secondary N) is 1. The van der Waals surface area contributed by atoms with Gasteiger partial charge in [0, 0.05) is 21.8 Å². The van der Waals surface area contributed by atoms with E-state index in [9.17, 15) is 14.7 Å². The SMILES string of the molecule is CCOC(=O)c1c(-n2c(C)cc(/C=N/NC(=O)C(O)(c3ccccc3)c3ccccc3)c2C)sc2c1CCCC2. The molecule has 40 heavy (non-hydrogen) atoms. The number of hydrogen-bond acceptors (Lipinski definition) is 6. The largest absolute Gasteiger partial charge is 0.462 e. The van der Waals surface area contributed by atoms with Crippen LogP contribution < -0.4 is 5.43 Å². The number of hydrazone groups is 1. The molecule has 0 fully saturated rings.